The summed E-state index contributed by atoms with van der Waals surface area (Å²) in [6.07, 6.45) is 2.69. The molecule has 1 aliphatic rings. The van der Waals surface area contributed by atoms with E-state index in [9.17, 15) is 4.79 Å². The van der Waals surface area contributed by atoms with Gasteiger partial charge in [-0.3, -0.25) is 4.57 Å². The van der Waals surface area contributed by atoms with Crippen LogP contribution < -0.4 is 5.69 Å². The lowest BCUT2D eigenvalue weighted by molar-refractivity contribution is -0.0338. The number of rotatable bonds is 5. The number of ether oxygens (including phenoxy) is 1. The molecule has 8 heteroatoms. The minimum atomic E-state index is -1.88. The molecule has 2 atom stereocenters. The minimum absolute atomic E-state index is 0.0673. The van der Waals surface area contributed by atoms with Crippen molar-refractivity contribution < 1.29 is 9.16 Å². The zero-order chi connectivity index (χ0) is 23.1. The molecule has 2 unspecified atom stereocenters. The molecular weight excluding hydrogens is 486 g/mol. The maximum absolute atomic E-state index is 13.5. The van der Waals surface area contributed by atoms with Gasteiger partial charge in [-0.2, -0.15) is 0 Å². The van der Waals surface area contributed by atoms with Crippen molar-refractivity contribution in [3.63, 3.8) is 0 Å². The Kier molecular flexibility index (Phi) is 6.51. The van der Waals surface area contributed by atoms with E-state index in [0.717, 1.165) is 22.1 Å². The molecule has 0 N–H and O–H groups in total. The Morgan fingerprint density at radius 1 is 1.22 bits per heavy atom. The molecule has 1 fully saturated rings. The van der Waals surface area contributed by atoms with E-state index in [4.69, 9.17) is 9.16 Å². The quantitative estimate of drug-likeness (QED) is 0.426. The van der Waals surface area contributed by atoms with Gasteiger partial charge < -0.3 is 9.16 Å². The Balaban J connectivity index is 1.64. The van der Waals surface area contributed by atoms with Crippen molar-refractivity contribution in [1.82, 2.24) is 14.1 Å². The predicted molar refractivity (Wildman–Crippen MR) is 134 cm³/mol. The molecule has 32 heavy (non-hydrogen) atoms. The average Bonchev–Trinajstić information content (AvgIpc) is 2.99. The molecule has 0 saturated carbocycles. The molecule has 4 rings (SSSR count). The summed E-state index contributed by atoms with van der Waals surface area (Å²) in [7, 11) is -1.88. The Morgan fingerprint density at radius 2 is 1.94 bits per heavy atom. The van der Waals surface area contributed by atoms with E-state index in [0.29, 0.717) is 25.4 Å². The Morgan fingerprint density at radius 3 is 2.62 bits per heavy atom. The maximum Gasteiger partial charge on any atom is 0.334 e. The largest absolute Gasteiger partial charge is 0.412 e. The van der Waals surface area contributed by atoms with Crippen molar-refractivity contribution in [2.24, 2.45) is 5.92 Å². The van der Waals surface area contributed by atoms with Crippen molar-refractivity contribution in [2.75, 3.05) is 13.2 Å². The van der Waals surface area contributed by atoms with Crippen molar-refractivity contribution in [3.8, 4) is 5.69 Å². The van der Waals surface area contributed by atoms with Gasteiger partial charge in [0.2, 0.25) is 0 Å². The molecule has 0 bridgehead atoms. The van der Waals surface area contributed by atoms with Gasteiger partial charge in [0.1, 0.15) is 0 Å². The summed E-state index contributed by atoms with van der Waals surface area (Å²) in [5.41, 5.74) is 2.22. The monoisotopic (exact) mass is 517 g/mol. The third kappa shape index (κ3) is 4.64. The van der Waals surface area contributed by atoms with Gasteiger partial charge in [0.05, 0.1) is 30.5 Å². The molecule has 172 valence electrons. The van der Waals surface area contributed by atoms with Crippen LogP contribution >= 0.6 is 15.9 Å². The van der Waals surface area contributed by atoms with Crippen molar-refractivity contribution >= 4 is 35.4 Å². The Labute approximate surface area is 198 Å². The fourth-order valence-electron chi connectivity index (χ4n) is 4.03. The SMILES string of the molecule is CC(C)(C)[Si](C)(C)OC1COCC(Cn2c(=O)n(-c3ccccc3)c3ncc(Br)cc32)C1. The van der Waals surface area contributed by atoms with Gasteiger partial charge in [0.15, 0.2) is 14.0 Å². The average molecular weight is 519 g/mol. The lowest BCUT2D eigenvalue weighted by Crippen LogP contribution is -2.47. The van der Waals surface area contributed by atoms with Crippen LogP contribution in [0.5, 0.6) is 0 Å². The summed E-state index contributed by atoms with van der Waals surface area (Å²) in [5, 5.41) is 0.151. The highest BCUT2D eigenvalue weighted by atomic mass is 79.9. The van der Waals surface area contributed by atoms with Gasteiger partial charge in [-0.05, 0) is 58.7 Å². The molecule has 1 aliphatic heterocycles. The molecule has 1 aromatic carbocycles. The van der Waals surface area contributed by atoms with Gasteiger partial charge in [0.25, 0.3) is 0 Å². The van der Waals surface area contributed by atoms with E-state index in [1.807, 2.05) is 41.0 Å². The van der Waals surface area contributed by atoms with Crippen LogP contribution in [-0.2, 0) is 15.7 Å². The lowest BCUT2D eigenvalue weighted by Gasteiger charge is -2.41. The molecule has 6 nitrogen and oxygen atoms in total. The molecule has 0 amide bonds. The van der Waals surface area contributed by atoms with Crippen molar-refractivity contribution in [3.05, 3.63) is 57.6 Å². The molecule has 2 aromatic heterocycles. The first kappa shape index (κ1) is 23.4. The number of benzene rings is 1. The van der Waals surface area contributed by atoms with Crippen LogP contribution in [0, 0.1) is 5.92 Å². The van der Waals surface area contributed by atoms with E-state index >= 15 is 0 Å². The number of imidazole rings is 1. The van der Waals surface area contributed by atoms with Crippen LogP contribution in [0.25, 0.3) is 16.9 Å². The zero-order valence-electron chi connectivity index (χ0n) is 19.5. The summed E-state index contributed by atoms with van der Waals surface area (Å²) in [6, 6.07) is 11.6. The van der Waals surface area contributed by atoms with Gasteiger partial charge in [-0.15, -0.1) is 0 Å². The molecule has 3 heterocycles. The van der Waals surface area contributed by atoms with Crippen LogP contribution in [0.4, 0.5) is 0 Å². The van der Waals surface area contributed by atoms with Gasteiger partial charge in [0, 0.05) is 23.1 Å². The van der Waals surface area contributed by atoms with Crippen molar-refractivity contribution in [2.45, 2.75) is 58.0 Å². The summed E-state index contributed by atoms with van der Waals surface area (Å²) in [4.78, 5) is 18.1. The van der Waals surface area contributed by atoms with Crippen LogP contribution in [-0.4, -0.2) is 41.8 Å². The third-order valence-corrected chi connectivity index (χ3v) is 11.7. The first-order valence-electron chi connectivity index (χ1n) is 11.1. The van der Waals surface area contributed by atoms with Gasteiger partial charge >= 0.3 is 5.69 Å². The number of pyridine rings is 1. The molecule has 1 saturated heterocycles. The first-order chi connectivity index (χ1) is 15.1. The van der Waals surface area contributed by atoms with E-state index in [1.165, 1.54) is 0 Å². The fourth-order valence-corrected chi connectivity index (χ4v) is 5.70. The smallest absolute Gasteiger partial charge is 0.334 e. The summed E-state index contributed by atoms with van der Waals surface area (Å²) >= 11 is 3.52. The minimum Gasteiger partial charge on any atom is -0.412 e. The number of para-hydroxylation sites is 1. The topological polar surface area (TPSA) is 58.3 Å². The van der Waals surface area contributed by atoms with E-state index in [2.05, 4.69) is 54.8 Å². The second kappa shape index (κ2) is 8.89. The maximum atomic E-state index is 13.5. The van der Waals surface area contributed by atoms with Crippen LogP contribution in [0.1, 0.15) is 27.2 Å². The number of hydrogen-bond donors (Lipinski definition) is 0. The molecule has 0 spiro atoms. The fraction of sp³-hybridized carbons (Fsp3) is 0.500. The highest BCUT2D eigenvalue weighted by Gasteiger charge is 2.40. The number of hydrogen-bond acceptors (Lipinski definition) is 4. The number of nitrogens with zero attached hydrogens (tertiary/aromatic N) is 3. The normalized spacial score (nSPS) is 20.1. The van der Waals surface area contributed by atoms with Gasteiger partial charge in [-0.1, -0.05) is 39.0 Å². The van der Waals surface area contributed by atoms with E-state index in [-0.39, 0.29) is 22.7 Å². The molecule has 0 aliphatic carbocycles. The third-order valence-electron chi connectivity index (χ3n) is 6.71. The van der Waals surface area contributed by atoms with Crippen LogP contribution in [0.15, 0.2) is 51.9 Å². The number of halogens is 1. The second-order valence-electron chi connectivity index (χ2n) is 10.2. The van der Waals surface area contributed by atoms with Crippen LogP contribution in [0.2, 0.25) is 18.1 Å². The predicted octanol–water partition coefficient (Wildman–Crippen LogP) is 5.38. The molecule has 3 aromatic rings. The number of fused-ring (bicyclic) bond motifs is 1. The summed E-state index contributed by atoms with van der Waals surface area (Å²) in [6.45, 7) is 13.1. The standard InChI is InChI=1S/C24H32BrN3O3Si/c1-24(2,3)32(4,5)31-20-11-17(15-30-16-20)14-27-21-12-18(25)13-26-22(21)28(23(27)29)19-9-7-6-8-10-19/h6-10,12-13,17,20H,11,14-16H2,1-5H3. The summed E-state index contributed by atoms with van der Waals surface area (Å²) in [5.74, 6) is 0.199. The van der Waals surface area contributed by atoms with E-state index in [1.54, 1.807) is 10.8 Å². The molecule has 0 radical (unpaired) electrons. The lowest BCUT2D eigenvalue weighted by atomic mass is 10.0. The zero-order valence-corrected chi connectivity index (χ0v) is 22.1. The Bertz CT molecular complexity index is 1150. The number of aromatic nitrogens is 3. The molecular formula is C24H32BrN3O3Si. The second-order valence-corrected chi connectivity index (χ2v) is 15.9. The highest BCUT2D eigenvalue weighted by molar-refractivity contribution is 9.10. The van der Waals surface area contributed by atoms with Crippen LogP contribution in [0.3, 0.4) is 0 Å². The van der Waals surface area contributed by atoms with E-state index < -0.39 is 8.32 Å². The highest BCUT2D eigenvalue weighted by Crippen LogP contribution is 2.38. The van der Waals surface area contributed by atoms with Crippen molar-refractivity contribution in [1.29, 1.82) is 0 Å². The summed E-state index contributed by atoms with van der Waals surface area (Å²) < 4.78 is 16.9. The Hall–Kier alpha value is -1.74. The first-order valence-corrected chi connectivity index (χ1v) is 14.8. The van der Waals surface area contributed by atoms with Gasteiger partial charge in [-0.25, -0.2) is 14.3 Å².